The van der Waals surface area contributed by atoms with Gasteiger partial charge < -0.3 is 4.90 Å². The second-order valence-corrected chi connectivity index (χ2v) is 8.82. The Labute approximate surface area is 172 Å². The van der Waals surface area contributed by atoms with E-state index in [1.807, 2.05) is 6.92 Å². The number of halogens is 1. The molecular formula is C19H19FN6O3S. The topological polar surface area (TPSA) is 110 Å². The first-order chi connectivity index (χ1) is 14.2. The summed E-state index contributed by atoms with van der Waals surface area (Å²) in [5.41, 5.74) is 1.63. The number of carbonyl (C=O) groups is 1. The molecule has 3 aromatic rings. The van der Waals surface area contributed by atoms with Crippen molar-refractivity contribution in [1.82, 2.24) is 20.2 Å². The Bertz CT molecular complexity index is 1260. The molecular weight excluding hydrogens is 411 g/mol. The third-order valence-electron chi connectivity index (χ3n) is 4.98. The molecule has 0 radical (unpaired) electrons. The number of nitrogens with one attached hydrogen (secondary N) is 1. The molecule has 1 aliphatic heterocycles. The zero-order valence-corrected chi connectivity index (χ0v) is 17.3. The van der Waals surface area contributed by atoms with Gasteiger partial charge in [-0.15, -0.1) is 5.10 Å². The third-order valence-corrected chi connectivity index (χ3v) is 6.34. The largest absolute Gasteiger partial charge is 0.309 e. The van der Waals surface area contributed by atoms with Crippen LogP contribution in [0.15, 0.2) is 41.3 Å². The number of aryl methyl sites for hydroxylation is 1. The molecule has 4 rings (SSSR count). The number of amides is 1. The van der Waals surface area contributed by atoms with E-state index in [1.165, 1.54) is 35.9 Å². The third kappa shape index (κ3) is 3.41. The van der Waals surface area contributed by atoms with E-state index in [9.17, 15) is 17.6 Å². The first-order valence-electron chi connectivity index (χ1n) is 9.18. The second kappa shape index (κ2) is 7.17. The highest BCUT2D eigenvalue weighted by Crippen LogP contribution is 2.34. The van der Waals surface area contributed by atoms with Crippen molar-refractivity contribution < 1.29 is 17.6 Å². The van der Waals surface area contributed by atoms with E-state index >= 15 is 0 Å². The zero-order valence-electron chi connectivity index (χ0n) is 16.5. The molecule has 1 N–H and O–H groups in total. The van der Waals surface area contributed by atoms with E-state index in [4.69, 9.17) is 0 Å². The Hall–Kier alpha value is -3.34. The number of tetrazole rings is 1. The monoisotopic (exact) mass is 430 g/mol. The van der Waals surface area contributed by atoms with E-state index in [-0.39, 0.29) is 22.5 Å². The summed E-state index contributed by atoms with van der Waals surface area (Å²) < 4.78 is 43.8. The van der Waals surface area contributed by atoms with Crippen LogP contribution in [0.3, 0.4) is 0 Å². The number of aromatic nitrogens is 4. The number of sulfonamides is 1. The molecule has 0 unspecified atom stereocenters. The van der Waals surface area contributed by atoms with Crippen LogP contribution in [0.5, 0.6) is 0 Å². The lowest BCUT2D eigenvalue weighted by molar-refractivity contribution is -0.116. The SMILES string of the molecule is CC(=O)N1c2ccc(S(=O)(=O)Nc3cc(-n4nnnc4C)ccc3F)cc2C[C@@H]1C. The Kier molecular flexibility index (Phi) is 4.77. The summed E-state index contributed by atoms with van der Waals surface area (Å²) in [5.74, 6) is -0.365. The minimum absolute atomic E-state index is 0.0118. The van der Waals surface area contributed by atoms with Crippen LogP contribution >= 0.6 is 0 Å². The number of benzene rings is 2. The summed E-state index contributed by atoms with van der Waals surface area (Å²) in [7, 11) is -4.06. The number of fused-ring (bicyclic) bond motifs is 1. The van der Waals surface area contributed by atoms with Crippen LogP contribution in [-0.4, -0.2) is 40.6 Å². The summed E-state index contributed by atoms with van der Waals surface area (Å²) in [6, 6.07) is 8.38. The molecule has 0 saturated carbocycles. The van der Waals surface area contributed by atoms with Gasteiger partial charge in [0.1, 0.15) is 5.82 Å². The van der Waals surface area contributed by atoms with Crippen molar-refractivity contribution in [3.05, 3.63) is 53.6 Å². The first kappa shape index (κ1) is 20.0. The van der Waals surface area contributed by atoms with E-state index in [0.29, 0.717) is 23.6 Å². The summed E-state index contributed by atoms with van der Waals surface area (Å²) >= 11 is 0. The van der Waals surface area contributed by atoms with Crippen LogP contribution < -0.4 is 9.62 Å². The van der Waals surface area contributed by atoms with Gasteiger partial charge in [-0.1, -0.05) is 0 Å². The minimum Gasteiger partial charge on any atom is -0.309 e. The fourth-order valence-electron chi connectivity index (χ4n) is 3.65. The molecule has 0 fully saturated rings. The van der Waals surface area contributed by atoms with Crippen molar-refractivity contribution in [1.29, 1.82) is 0 Å². The number of nitrogens with zero attached hydrogens (tertiary/aromatic N) is 5. The molecule has 2 heterocycles. The van der Waals surface area contributed by atoms with Crippen LogP contribution in [0.2, 0.25) is 0 Å². The molecule has 1 aromatic heterocycles. The van der Waals surface area contributed by atoms with Crippen LogP contribution in [-0.2, 0) is 21.2 Å². The maximum Gasteiger partial charge on any atom is 0.261 e. The lowest BCUT2D eigenvalue weighted by Crippen LogP contribution is -2.33. The normalized spacial score (nSPS) is 15.9. The Balaban J connectivity index is 1.67. The smallest absolute Gasteiger partial charge is 0.261 e. The van der Waals surface area contributed by atoms with Crippen LogP contribution in [0.4, 0.5) is 15.8 Å². The number of hydrogen-bond acceptors (Lipinski definition) is 6. The Morgan fingerprint density at radius 3 is 2.67 bits per heavy atom. The molecule has 0 spiro atoms. The molecule has 30 heavy (non-hydrogen) atoms. The van der Waals surface area contributed by atoms with E-state index in [0.717, 1.165) is 11.6 Å². The highest BCUT2D eigenvalue weighted by Gasteiger charge is 2.30. The highest BCUT2D eigenvalue weighted by molar-refractivity contribution is 7.92. The first-order valence-corrected chi connectivity index (χ1v) is 10.7. The average Bonchev–Trinajstić information content (AvgIpc) is 3.24. The second-order valence-electron chi connectivity index (χ2n) is 7.14. The molecule has 1 aliphatic rings. The lowest BCUT2D eigenvalue weighted by Gasteiger charge is -2.20. The van der Waals surface area contributed by atoms with Crippen LogP contribution in [0.1, 0.15) is 25.2 Å². The van der Waals surface area contributed by atoms with E-state index in [2.05, 4.69) is 20.2 Å². The number of anilines is 2. The fourth-order valence-corrected chi connectivity index (χ4v) is 4.76. The van der Waals surface area contributed by atoms with Gasteiger partial charge in [-0.05, 0) is 72.7 Å². The molecule has 156 valence electrons. The average molecular weight is 430 g/mol. The van der Waals surface area contributed by atoms with Crippen molar-refractivity contribution in [2.75, 3.05) is 9.62 Å². The van der Waals surface area contributed by atoms with Crippen molar-refractivity contribution in [3.8, 4) is 5.69 Å². The maximum atomic E-state index is 14.3. The number of carbonyl (C=O) groups excluding carboxylic acids is 1. The van der Waals surface area contributed by atoms with Crippen LogP contribution in [0, 0.1) is 12.7 Å². The van der Waals surface area contributed by atoms with Crippen molar-refractivity contribution in [3.63, 3.8) is 0 Å². The summed E-state index contributed by atoms with van der Waals surface area (Å²) in [6.45, 7) is 5.04. The van der Waals surface area contributed by atoms with Gasteiger partial charge in [-0.2, -0.15) is 4.68 Å². The summed E-state index contributed by atoms with van der Waals surface area (Å²) in [6.07, 6.45) is 0.542. The van der Waals surface area contributed by atoms with E-state index < -0.39 is 15.8 Å². The molecule has 2 aromatic carbocycles. The molecule has 9 nitrogen and oxygen atoms in total. The predicted molar refractivity (Wildman–Crippen MR) is 107 cm³/mol. The van der Waals surface area contributed by atoms with Crippen LogP contribution in [0.25, 0.3) is 5.69 Å². The quantitative estimate of drug-likeness (QED) is 0.680. The Morgan fingerprint density at radius 1 is 1.23 bits per heavy atom. The molecule has 1 amide bonds. The Morgan fingerprint density at radius 2 is 2.00 bits per heavy atom. The molecule has 0 bridgehead atoms. The molecule has 0 saturated heterocycles. The summed E-state index contributed by atoms with van der Waals surface area (Å²) in [4.78, 5) is 13.5. The van der Waals surface area contributed by atoms with Gasteiger partial charge in [0.2, 0.25) is 5.91 Å². The predicted octanol–water partition coefficient (Wildman–Crippen LogP) is 2.21. The molecule has 1 atom stereocenters. The van der Waals surface area contributed by atoms with Gasteiger partial charge in [0.25, 0.3) is 10.0 Å². The minimum atomic E-state index is -4.06. The van der Waals surface area contributed by atoms with Crippen molar-refractivity contribution in [2.24, 2.45) is 0 Å². The van der Waals surface area contributed by atoms with Gasteiger partial charge in [-0.25, -0.2) is 12.8 Å². The molecule has 0 aliphatic carbocycles. The lowest BCUT2D eigenvalue weighted by atomic mass is 10.1. The van der Waals surface area contributed by atoms with E-state index in [1.54, 1.807) is 17.9 Å². The highest BCUT2D eigenvalue weighted by atomic mass is 32.2. The van der Waals surface area contributed by atoms with Gasteiger partial charge in [-0.3, -0.25) is 9.52 Å². The standard InChI is InChI=1S/C19H19FN6O3S/c1-11-8-14-9-16(5-7-19(14)25(11)13(3)27)30(28,29)22-18-10-15(4-6-17(18)20)26-12(2)21-23-24-26/h4-7,9-11,22H,8H2,1-3H3/t11-/m0/s1. The zero-order chi connectivity index (χ0) is 21.6. The van der Waals surface area contributed by atoms with Gasteiger partial charge in [0.15, 0.2) is 5.82 Å². The van der Waals surface area contributed by atoms with Gasteiger partial charge in [0.05, 0.1) is 16.3 Å². The fraction of sp³-hybridized carbons (Fsp3) is 0.263. The molecule has 11 heteroatoms. The van der Waals surface area contributed by atoms with Crippen molar-refractivity contribution >= 4 is 27.3 Å². The summed E-state index contributed by atoms with van der Waals surface area (Å²) in [5, 5.41) is 11.1. The maximum absolute atomic E-state index is 14.3. The number of hydrogen-bond donors (Lipinski definition) is 1. The van der Waals surface area contributed by atoms with Gasteiger partial charge >= 0.3 is 0 Å². The van der Waals surface area contributed by atoms with Gasteiger partial charge in [0, 0.05) is 18.7 Å². The number of rotatable bonds is 4. The van der Waals surface area contributed by atoms with Crippen molar-refractivity contribution in [2.45, 2.75) is 38.1 Å².